The maximum atomic E-state index is 13.0. The number of hydrogen-bond acceptors (Lipinski definition) is 7. The number of carbonyl (C=O) groups excluding carboxylic acids is 2. The Kier molecular flexibility index (Phi) is 9.50. The summed E-state index contributed by atoms with van der Waals surface area (Å²) < 4.78 is 10.8. The third-order valence-corrected chi connectivity index (χ3v) is 5.58. The van der Waals surface area contributed by atoms with Gasteiger partial charge in [-0.15, -0.1) is 0 Å². The van der Waals surface area contributed by atoms with Crippen molar-refractivity contribution in [1.29, 1.82) is 5.26 Å². The fourth-order valence-corrected chi connectivity index (χ4v) is 3.82. The van der Waals surface area contributed by atoms with E-state index in [0.29, 0.717) is 19.6 Å². The van der Waals surface area contributed by atoms with Crippen LogP contribution in [0.3, 0.4) is 0 Å². The van der Waals surface area contributed by atoms with E-state index in [1.54, 1.807) is 39.8 Å². The molecule has 1 unspecified atom stereocenters. The number of nitriles is 1. The summed E-state index contributed by atoms with van der Waals surface area (Å²) in [5.41, 5.74) is 0.372. The van der Waals surface area contributed by atoms with E-state index in [2.05, 4.69) is 11.0 Å². The summed E-state index contributed by atoms with van der Waals surface area (Å²) in [6.07, 6.45) is -0.133. The van der Waals surface area contributed by atoms with E-state index in [1.165, 1.54) is 4.90 Å². The van der Waals surface area contributed by atoms with Crippen LogP contribution in [0.15, 0.2) is 24.3 Å². The lowest BCUT2D eigenvalue weighted by Gasteiger charge is -2.46. The molecule has 1 aliphatic rings. The molecule has 0 aliphatic carbocycles. The number of methoxy groups -OCH3 is 1. The van der Waals surface area contributed by atoms with Gasteiger partial charge < -0.3 is 24.4 Å². The number of aliphatic hydroxyl groups is 1. The van der Waals surface area contributed by atoms with Crippen molar-refractivity contribution in [1.82, 2.24) is 14.7 Å². The molecule has 0 aromatic heterocycles. The molecule has 182 valence electrons. The monoisotopic (exact) mass is 460 g/mol. The van der Waals surface area contributed by atoms with Gasteiger partial charge in [0.25, 0.3) is 0 Å². The number of aliphatic hydroxyl groups excluding tert-OH is 1. The summed E-state index contributed by atoms with van der Waals surface area (Å²) in [5.74, 6) is 0.600. The molecule has 1 fully saturated rings. The number of rotatable bonds is 8. The molecule has 33 heavy (non-hydrogen) atoms. The molecule has 2 rings (SSSR count). The van der Waals surface area contributed by atoms with Crippen LogP contribution in [0.4, 0.5) is 4.79 Å². The Morgan fingerprint density at radius 2 is 1.88 bits per heavy atom. The highest BCUT2D eigenvalue weighted by Crippen LogP contribution is 2.25. The van der Waals surface area contributed by atoms with Gasteiger partial charge in [0.2, 0.25) is 5.91 Å². The van der Waals surface area contributed by atoms with Crippen molar-refractivity contribution in [2.24, 2.45) is 0 Å². The second kappa shape index (κ2) is 11.9. The van der Waals surface area contributed by atoms with E-state index in [0.717, 1.165) is 11.3 Å². The summed E-state index contributed by atoms with van der Waals surface area (Å²) >= 11 is 0. The fourth-order valence-electron chi connectivity index (χ4n) is 3.82. The molecule has 9 heteroatoms. The molecule has 1 aromatic carbocycles. The van der Waals surface area contributed by atoms with Gasteiger partial charge in [-0.3, -0.25) is 9.69 Å². The normalized spacial score (nSPS) is 19.0. The smallest absolute Gasteiger partial charge is 0.410 e. The first kappa shape index (κ1) is 26.4. The molecule has 2 atom stereocenters. The van der Waals surface area contributed by atoms with Crippen LogP contribution in [0.25, 0.3) is 0 Å². The van der Waals surface area contributed by atoms with E-state index < -0.39 is 17.7 Å². The molecule has 2 amide bonds. The summed E-state index contributed by atoms with van der Waals surface area (Å²) in [4.78, 5) is 31.0. The van der Waals surface area contributed by atoms with E-state index in [9.17, 15) is 20.0 Å². The Morgan fingerprint density at radius 1 is 1.21 bits per heavy atom. The van der Waals surface area contributed by atoms with Crippen LogP contribution in [-0.4, -0.2) is 89.9 Å². The molecule has 0 radical (unpaired) electrons. The number of amides is 2. The van der Waals surface area contributed by atoms with Gasteiger partial charge in [0, 0.05) is 45.7 Å². The summed E-state index contributed by atoms with van der Waals surface area (Å²) in [5, 5.41) is 18.6. The number of piperazine rings is 1. The highest BCUT2D eigenvalue weighted by molar-refractivity contribution is 5.78. The van der Waals surface area contributed by atoms with Gasteiger partial charge in [0.05, 0.1) is 32.2 Å². The van der Waals surface area contributed by atoms with Crippen LogP contribution < -0.4 is 4.74 Å². The van der Waals surface area contributed by atoms with Crippen LogP contribution in [0.5, 0.6) is 5.75 Å². The first-order chi connectivity index (χ1) is 15.6. The maximum absolute atomic E-state index is 13.0. The summed E-state index contributed by atoms with van der Waals surface area (Å²) in [6.45, 7) is 6.79. The van der Waals surface area contributed by atoms with Gasteiger partial charge in [0.1, 0.15) is 11.4 Å². The Balaban J connectivity index is 2.27. The Morgan fingerprint density at radius 3 is 2.42 bits per heavy atom. The number of benzene rings is 1. The molecule has 0 bridgehead atoms. The zero-order valence-electron chi connectivity index (χ0n) is 20.3. The molecule has 0 saturated carbocycles. The van der Waals surface area contributed by atoms with Crippen LogP contribution >= 0.6 is 0 Å². The van der Waals surface area contributed by atoms with Crippen molar-refractivity contribution in [3.8, 4) is 11.8 Å². The summed E-state index contributed by atoms with van der Waals surface area (Å²) in [6, 6.07) is 9.33. The minimum absolute atomic E-state index is 0.105. The first-order valence-electron chi connectivity index (χ1n) is 11.2. The summed E-state index contributed by atoms with van der Waals surface area (Å²) in [7, 11) is 3.25. The SMILES string of the molecule is COc1ccc(CN2C[C@H](CC(=O)N(C)CCO)N(C(=O)OC(C)(C)C)CC2CC#N)cc1. The minimum atomic E-state index is -0.676. The van der Waals surface area contributed by atoms with E-state index in [-0.39, 0.29) is 37.9 Å². The predicted octanol–water partition coefficient (Wildman–Crippen LogP) is 2.24. The van der Waals surface area contributed by atoms with Crippen molar-refractivity contribution >= 4 is 12.0 Å². The van der Waals surface area contributed by atoms with Crippen molar-refractivity contribution in [2.45, 2.75) is 57.8 Å². The molecular formula is C24H36N4O5. The van der Waals surface area contributed by atoms with Gasteiger partial charge in [-0.25, -0.2) is 4.79 Å². The Hall–Kier alpha value is -2.83. The third-order valence-electron chi connectivity index (χ3n) is 5.58. The van der Waals surface area contributed by atoms with Crippen LogP contribution in [-0.2, 0) is 16.1 Å². The molecule has 9 nitrogen and oxygen atoms in total. The maximum Gasteiger partial charge on any atom is 0.410 e. The highest BCUT2D eigenvalue weighted by atomic mass is 16.6. The number of carbonyl (C=O) groups is 2. The number of likely N-dealkylation sites (N-methyl/N-ethyl adjacent to an activating group) is 1. The van der Waals surface area contributed by atoms with E-state index in [1.807, 2.05) is 24.3 Å². The van der Waals surface area contributed by atoms with Gasteiger partial charge in [-0.1, -0.05) is 12.1 Å². The second-order valence-electron chi connectivity index (χ2n) is 9.32. The number of nitrogens with zero attached hydrogens (tertiary/aromatic N) is 4. The number of hydrogen-bond donors (Lipinski definition) is 1. The molecule has 1 heterocycles. The topological polar surface area (TPSA) is 106 Å². The number of ether oxygens (including phenoxy) is 2. The molecule has 1 N–H and O–H groups in total. The molecular weight excluding hydrogens is 424 g/mol. The van der Waals surface area contributed by atoms with Crippen LogP contribution in [0.2, 0.25) is 0 Å². The van der Waals surface area contributed by atoms with Crippen molar-refractivity contribution in [2.75, 3.05) is 40.4 Å². The predicted molar refractivity (Wildman–Crippen MR) is 123 cm³/mol. The average molecular weight is 461 g/mol. The van der Waals surface area contributed by atoms with E-state index in [4.69, 9.17) is 9.47 Å². The van der Waals surface area contributed by atoms with E-state index >= 15 is 0 Å². The molecule has 1 aliphatic heterocycles. The fraction of sp³-hybridized carbons (Fsp3) is 0.625. The molecule has 0 spiro atoms. The molecule has 1 saturated heterocycles. The van der Waals surface area contributed by atoms with Crippen molar-refractivity contribution in [3.05, 3.63) is 29.8 Å². The Bertz CT molecular complexity index is 831. The average Bonchev–Trinajstić information content (AvgIpc) is 2.74. The van der Waals surface area contributed by atoms with Gasteiger partial charge in [0.15, 0.2) is 0 Å². The van der Waals surface area contributed by atoms with Gasteiger partial charge >= 0.3 is 6.09 Å². The zero-order chi connectivity index (χ0) is 24.6. The first-order valence-corrected chi connectivity index (χ1v) is 11.2. The minimum Gasteiger partial charge on any atom is -0.497 e. The zero-order valence-corrected chi connectivity index (χ0v) is 20.3. The lowest BCUT2D eigenvalue weighted by molar-refractivity contribution is -0.132. The van der Waals surface area contributed by atoms with Crippen molar-refractivity contribution < 1.29 is 24.2 Å². The molecule has 1 aromatic rings. The second-order valence-corrected chi connectivity index (χ2v) is 9.32. The Labute approximate surface area is 196 Å². The lowest BCUT2D eigenvalue weighted by Crippen LogP contribution is -2.61. The standard InChI is InChI=1S/C24H36N4O5/c1-24(2,3)33-23(31)28-17-19(10-11-25)27(15-18-6-8-21(32-5)9-7-18)16-20(28)14-22(30)26(4)12-13-29/h6-9,19-20,29H,10,12-17H2,1-5H3/t19?,20-/m0/s1. The highest BCUT2D eigenvalue weighted by Gasteiger charge is 2.39. The quantitative estimate of drug-likeness (QED) is 0.634. The lowest BCUT2D eigenvalue weighted by atomic mass is 10.0. The van der Waals surface area contributed by atoms with Gasteiger partial charge in [-0.2, -0.15) is 5.26 Å². The third kappa shape index (κ3) is 7.91. The largest absolute Gasteiger partial charge is 0.497 e. The van der Waals surface area contributed by atoms with Crippen molar-refractivity contribution in [3.63, 3.8) is 0 Å². The van der Waals surface area contributed by atoms with Crippen LogP contribution in [0.1, 0.15) is 39.2 Å². The van der Waals surface area contributed by atoms with Gasteiger partial charge in [-0.05, 0) is 38.5 Å². The van der Waals surface area contributed by atoms with Crippen LogP contribution in [0, 0.1) is 11.3 Å².